The van der Waals surface area contributed by atoms with E-state index < -0.39 is 0 Å². The maximum absolute atomic E-state index is 13.6. The zero-order chi connectivity index (χ0) is 19.1. The summed E-state index contributed by atoms with van der Waals surface area (Å²) in [5.41, 5.74) is 1.82. The Morgan fingerprint density at radius 2 is 2.07 bits per heavy atom. The number of anilines is 1. The van der Waals surface area contributed by atoms with E-state index in [0.717, 1.165) is 26.0 Å². The van der Waals surface area contributed by atoms with Crippen LogP contribution >= 0.6 is 23.1 Å². The number of aryl methyl sites for hydroxylation is 1. The molecule has 0 aliphatic carbocycles. The molecule has 0 atom stereocenters. The van der Waals surface area contributed by atoms with Crippen LogP contribution in [0.1, 0.15) is 12.6 Å². The van der Waals surface area contributed by atoms with Gasteiger partial charge < -0.3 is 4.90 Å². The zero-order valence-corrected chi connectivity index (χ0v) is 16.9. The predicted octanol–water partition coefficient (Wildman–Crippen LogP) is 2.03. The first-order chi connectivity index (χ1) is 13.0. The first kappa shape index (κ1) is 18.0. The van der Waals surface area contributed by atoms with Crippen molar-refractivity contribution in [3.05, 3.63) is 73.7 Å². The first-order valence-electron chi connectivity index (χ1n) is 8.61. The molecule has 0 saturated heterocycles. The van der Waals surface area contributed by atoms with Crippen molar-refractivity contribution in [2.45, 2.75) is 18.4 Å². The van der Waals surface area contributed by atoms with Crippen molar-refractivity contribution < 1.29 is 8.96 Å². The van der Waals surface area contributed by atoms with Gasteiger partial charge in [0.25, 0.3) is 5.56 Å². The fourth-order valence-electron chi connectivity index (χ4n) is 3.10. The van der Waals surface area contributed by atoms with Gasteiger partial charge in [0, 0.05) is 36.7 Å². The molecule has 1 aliphatic heterocycles. The summed E-state index contributed by atoms with van der Waals surface area (Å²) in [5, 5.41) is 0.852. The van der Waals surface area contributed by atoms with Gasteiger partial charge in [0.15, 0.2) is 6.20 Å². The van der Waals surface area contributed by atoms with Crippen molar-refractivity contribution in [3.8, 4) is 0 Å². The number of pyridine rings is 1. The number of aromatic nitrogens is 2. The number of halogens is 1. The van der Waals surface area contributed by atoms with E-state index in [-0.39, 0.29) is 11.4 Å². The number of thiazole rings is 1. The zero-order valence-electron chi connectivity index (χ0n) is 15.3. The maximum atomic E-state index is 13.6. The van der Waals surface area contributed by atoms with Crippen molar-refractivity contribution in [3.63, 3.8) is 0 Å². The van der Waals surface area contributed by atoms with Gasteiger partial charge in [0.2, 0.25) is 5.69 Å². The summed E-state index contributed by atoms with van der Waals surface area (Å²) in [6, 6.07) is 10.7. The van der Waals surface area contributed by atoms with Crippen LogP contribution in [0.2, 0.25) is 0 Å². The summed E-state index contributed by atoms with van der Waals surface area (Å²) >= 11 is 2.99. The van der Waals surface area contributed by atoms with E-state index in [4.69, 9.17) is 0 Å². The van der Waals surface area contributed by atoms with Crippen LogP contribution in [-0.4, -0.2) is 11.6 Å². The highest BCUT2D eigenvalue weighted by molar-refractivity contribution is 8.08. The molecule has 138 valence electrons. The summed E-state index contributed by atoms with van der Waals surface area (Å²) < 4.78 is 19.0. The molecular formula is C20H19FN3OS2+. The number of hydrogen-bond acceptors (Lipinski definition) is 4. The Morgan fingerprint density at radius 1 is 1.26 bits per heavy atom. The van der Waals surface area contributed by atoms with E-state index >= 15 is 0 Å². The molecule has 0 saturated carbocycles. The minimum atomic E-state index is -0.273. The van der Waals surface area contributed by atoms with Crippen LogP contribution < -0.4 is 24.2 Å². The van der Waals surface area contributed by atoms with E-state index in [9.17, 15) is 9.18 Å². The molecule has 3 aromatic rings. The molecule has 1 aliphatic rings. The number of rotatable bonds is 2. The average Bonchev–Trinajstić information content (AvgIpc) is 3.14. The Morgan fingerprint density at radius 3 is 2.81 bits per heavy atom. The smallest absolute Gasteiger partial charge is 0.271 e. The summed E-state index contributed by atoms with van der Waals surface area (Å²) in [6.07, 6.45) is 4.02. The topological polar surface area (TPSA) is 29.1 Å². The summed E-state index contributed by atoms with van der Waals surface area (Å²) in [6.45, 7) is 2.57. The highest BCUT2D eigenvalue weighted by Gasteiger charge is 2.25. The number of nitrogens with zero attached hydrogens (tertiary/aromatic N) is 3. The molecule has 4 nitrogen and oxygen atoms in total. The monoisotopic (exact) mass is 400 g/mol. The molecule has 0 bridgehead atoms. The van der Waals surface area contributed by atoms with Crippen LogP contribution in [0.3, 0.4) is 0 Å². The first-order valence-corrected chi connectivity index (χ1v) is 10.2. The lowest BCUT2D eigenvalue weighted by Crippen LogP contribution is -2.34. The van der Waals surface area contributed by atoms with Crippen LogP contribution in [0.15, 0.2) is 52.3 Å². The fraction of sp³-hybridized carbons (Fsp3) is 0.200. The second-order valence-electron chi connectivity index (χ2n) is 6.28. The molecule has 0 radical (unpaired) electrons. The van der Waals surface area contributed by atoms with Crippen LogP contribution in [0, 0.1) is 5.82 Å². The van der Waals surface area contributed by atoms with E-state index in [1.54, 1.807) is 10.6 Å². The molecule has 0 unspecified atom stereocenters. The molecule has 7 heteroatoms. The van der Waals surface area contributed by atoms with Crippen molar-refractivity contribution in [1.82, 2.24) is 4.57 Å². The Hall–Kier alpha value is -2.38. The van der Waals surface area contributed by atoms with Crippen LogP contribution in [0.5, 0.6) is 0 Å². The minimum absolute atomic E-state index is 0.00466. The van der Waals surface area contributed by atoms with Gasteiger partial charge in [0.1, 0.15) is 27.1 Å². The standard InChI is InChI=1S/C20H19FN3OS2/c1-4-24-17(12-14-7-5-6-10-22(14)2)27-18(19(24)25)20-23(3)15-11-13(21)8-9-16(15)26-20/h5-12H,4H2,1-3H3/q+1/b20-18+. The molecular weight excluding hydrogens is 381 g/mol. The lowest BCUT2D eigenvalue weighted by Gasteiger charge is -2.12. The van der Waals surface area contributed by atoms with Gasteiger partial charge in [-0.2, -0.15) is 0 Å². The van der Waals surface area contributed by atoms with Crippen LogP contribution in [0.25, 0.3) is 11.1 Å². The quantitative estimate of drug-likeness (QED) is 0.617. The fourth-order valence-corrected chi connectivity index (χ4v) is 5.54. The third-order valence-corrected chi connectivity index (χ3v) is 7.07. The number of benzene rings is 1. The minimum Gasteiger partial charge on any atom is -0.337 e. The largest absolute Gasteiger partial charge is 0.337 e. The second kappa shape index (κ2) is 6.98. The van der Waals surface area contributed by atoms with Gasteiger partial charge in [-0.05, 0) is 31.2 Å². The highest BCUT2D eigenvalue weighted by atomic mass is 32.2. The Kier molecular flexibility index (Phi) is 4.65. The normalized spacial score (nSPS) is 16.1. The van der Waals surface area contributed by atoms with Gasteiger partial charge in [-0.1, -0.05) is 11.8 Å². The van der Waals surface area contributed by atoms with Gasteiger partial charge in [-0.25, -0.2) is 8.96 Å². The third kappa shape index (κ3) is 3.11. The lowest BCUT2D eigenvalue weighted by atomic mass is 10.3. The summed E-state index contributed by atoms with van der Waals surface area (Å²) in [5.74, 6) is -0.273. The van der Waals surface area contributed by atoms with E-state index in [1.165, 1.54) is 35.2 Å². The number of thioether (sulfide) groups is 1. The second-order valence-corrected chi connectivity index (χ2v) is 8.34. The Balaban J connectivity index is 1.94. The molecule has 2 aromatic heterocycles. The number of fused-ring (bicyclic) bond motifs is 1. The molecule has 4 rings (SSSR count). The van der Waals surface area contributed by atoms with E-state index in [1.807, 2.05) is 61.0 Å². The molecule has 0 spiro atoms. The van der Waals surface area contributed by atoms with Crippen molar-refractivity contribution in [1.29, 1.82) is 0 Å². The molecule has 0 N–H and O–H groups in total. The predicted molar refractivity (Wildman–Crippen MR) is 109 cm³/mol. The SMILES string of the molecule is CCn1c(=O)/c(=C2\Sc3ccc(F)cc3N2C)s/c1=C\c1cccc[n+]1C. The molecule has 27 heavy (non-hydrogen) atoms. The van der Waals surface area contributed by atoms with Gasteiger partial charge in [0.05, 0.1) is 5.69 Å². The van der Waals surface area contributed by atoms with Crippen LogP contribution in [0.4, 0.5) is 10.1 Å². The maximum Gasteiger partial charge on any atom is 0.271 e. The van der Waals surface area contributed by atoms with Crippen molar-refractivity contribution >= 4 is 39.9 Å². The number of hydrogen-bond donors (Lipinski definition) is 0. The third-order valence-electron chi connectivity index (χ3n) is 4.58. The molecule has 1 aromatic carbocycles. The van der Waals surface area contributed by atoms with E-state index in [2.05, 4.69) is 0 Å². The van der Waals surface area contributed by atoms with Gasteiger partial charge >= 0.3 is 0 Å². The Bertz CT molecular complexity index is 1210. The van der Waals surface area contributed by atoms with Crippen LogP contribution in [-0.2, 0) is 13.6 Å². The highest BCUT2D eigenvalue weighted by Crippen LogP contribution is 2.45. The summed E-state index contributed by atoms with van der Waals surface area (Å²) in [4.78, 5) is 15.9. The lowest BCUT2D eigenvalue weighted by molar-refractivity contribution is -0.673. The summed E-state index contributed by atoms with van der Waals surface area (Å²) in [7, 11) is 3.86. The van der Waals surface area contributed by atoms with Gasteiger partial charge in [-0.15, -0.1) is 11.3 Å². The van der Waals surface area contributed by atoms with Crippen molar-refractivity contribution in [2.24, 2.45) is 7.05 Å². The molecule has 3 heterocycles. The van der Waals surface area contributed by atoms with Gasteiger partial charge in [-0.3, -0.25) is 9.36 Å². The average molecular weight is 401 g/mol. The van der Waals surface area contributed by atoms with E-state index in [0.29, 0.717) is 11.1 Å². The molecule has 0 fully saturated rings. The van der Waals surface area contributed by atoms with Crippen molar-refractivity contribution in [2.75, 3.05) is 11.9 Å². The Labute approximate surface area is 164 Å². The molecule has 0 amide bonds.